The fourth-order valence-corrected chi connectivity index (χ4v) is 3.97. The summed E-state index contributed by atoms with van der Waals surface area (Å²) in [4.78, 5) is 8.67. The summed E-state index contributed by atoms with van der Waals surface area (Å²) in [5, 5.41) is 9.04. The Morgan fingerprint density at radius 2 is 2.15 bits per heavy atom. The van der Waals surface area contributed by atoms with Crippen molar-refractivity contribution in [3.63, 3.8) is 0 Å². The van der Waals surface area contributed by atoms with Crippen molar-refractivity contribution in [2.75, 3.05) is 12.5 Å². The molecule has 4 atom stereocenters. The first-order valence-corrected chi connectivity index (χ1v) is 10.3. The minimum Gasteiger partial charge on any atom is -0.392 e. The van der Waals surface area contributed by atoms with Crippen LogP contribution in [0.3, 0.4) is 0 Å². The summed E-state index contributed by atoms with van der Waals surface area (Å²) in [6.45, 7) is 9.13. The normalized spacial score (nSPS) is 23.1. The number of H-pyrrole nitrogens is 1. The number of nitrogens with zero attached hydrogens (tertiary/aromatic N) is 1. The third kappa shape index (κ3) is 5.34. The molecule has 144 valence electrons. The molecule has 4 unspecified atom stereocenters. The van der Waals surface area contributed by atoms with Crippen LogP contribution in [-0.4, -0.2) is 34.3 Å². The highest BCUT2D eigenvalue weighted by atomic mass is 35.5. The first kappa shape index (κ1) is 21.0. The van der Waals surface area contributed by atoms with Gasteiger partial charge < -0.3 is 10.1 Å². The van der Waals surface area contributed by atoms with Crippen molar-refractivity contribution in [2.24, 2.45) is 16.8 Å². The number of hydrogen-bond donors (Lipinski definition) is 2. The van der Waals surface area contributed by atoms with Gasteiger partial charge in [0.2, 0.25) is 0 Å². The highest BCUT2D eigenvalue weighted by Gasteiger charge is 2.34. The average molecular weight is 377 g/mol. The van der Waals surface area contributed by atoms with Gasteiger partial charge in [0.15, 0.2) is 0 Å². The van der Waals surface area contributed by atoms with Crippen LogP contribution >= 0.6 is 11.6 Å². The third-order valence-electron chi connectivity index (χ3n) is 5.44. The molecule has 2 N–H and O–H groups in total. The molecule has 0 radical (unpaired) electrons. The van der Waals surface area contributed by atoms with Gasteiger partial charge in [-0.1, -0.05) is 39.3 Å². The predicted octanol–water partition coefficient (Wildman–Crippen LogP) is 5.49. The standard InChI is InChI=1S/C22H33ClN2O/c1-5-15(2)12-20(21-16(3)13-18(24-21)8-6-10-23)22-17(4)14-19(25-22)9-7-11-26/h6-9,14-16,20-21,25-26H,5,10-13H2,1-4H3/b8-6+,9-7+. The molecule has 0 spiro atoms. The second kappa shape index (κ2) is 10.1. The average Bonchev–Trinajstić information content (AvgIpc) is 3.18. The van der Waals surface area contributed by atoms with Crippen LogP contribution in [0.4, 0.5) is 0 Å². The number of halogens is 1. The smallest absolute Gasteiger partial charge is 0.0616 e. The molecule has 1 aliphatic rings. The number of aliphatic imine (C=N–C) groups is 1. The lowest BCUT2D eigenvalue weighted by Gasteiger charge is -2.27. The van der Waals surface area contributed by atoms with Crippen LogP contribution in [0.5, 0.6) is 0 Å². The van der Waals surface area contributed by atoms with Gasteiger partial charge in [-0.2, -0.15) is 0 Å². The Bertz CT molecular complexity index is 659. The molecule has 1 aromatic rings. The molecular formula is C22H33ClN2O. The van der Waals surface area contributed by atoms with E-state index >= 15 is 0 Å². The maximum Gasteiger partial charge on any atom is 0.0616 e. The molecule has 0 fully saturated rings. The zero-order valence-electron chi connectivity index (χ0n) is 16.5. The minimum atomic E-state index is 0.0594. The second-order valence-corrected chi connectivity index (χ2v) is 7.92. The molecular weight excluding hydrogens is 344 g/mol. The van der Waals surface area contributed by atoms with E-state index in [0.717, 1.165) is 18.5 Å². The molecule has 1 aromatic heterocycles. The lowest BCUT2D eigenvalue weighted by Crippen LogP contribution is -2.24. The molecule has 0 aliphatic carbocycles. The van der Waals surface area contributed by atoms with Crippen molar-refractivity contribution in [3.05, 3.63) is 41.2 Å². The van der Waals surface area contributed by atoms with Crippen LogP contribution < -0.4 is 0 Å². The number of hydrogen-bond acceptors (Lipinski definition) is 2. The fourth-order valence-electron chi connectivity index (χ4n) is 3.88. The summed E-state index contributed by atoms with van der Waals surface area (Å²) in [5.74, 6) is 2.10. The maximum absolute atomic E-state index is 9.04. The minimum absolute atomic E-state index is 0.0594. The summed E-state index contributed by atoms with van der Waals surface area (Å²) in [7, 11) is 0. The highest BCUT2D eigenvalue weighted by molar-refractivity contribution is 6.19. The van der Waals surface area contributed by atoms with Gasteiger partial charge in [-0.25, -0.2) is 0 Å². The SMILES string of the molecule is CCC(C)CC(c1[nH]c(/C=C/CO)cc1C)C1N=C(/C=C/CCl)CC1C. The number of aliphatic hydroxyl groups is 1. The van der Waals surface area contributed by atoms with Crippen molar-refractivity contribution < 1.29 is 5.11 Å². The number of allylic oxidation sites excluding steroid dienone is 2. The highest BCUT2D eigenvalue weighted by Crippen LogP contribution is 2.39. The van der Waals surface area contributed by atoms with Crippen LogP contribution in [-0.2, 0) is 0 Å². The lowest BCUT2D eigenvalue weighted by molar-refractivity contribution is 0.343. The summed E-state index contributed by atoms with van der Waals surface area (Å²) in [5.41, 5.74) is 4.80. The summed E-state index contributed by atoms with van der Waals surface area (Å²) in [6.07, 6.45) is 11.1. The van der Waals surface area contributed by atoms with Gasteiger partial charge in [-0.3, -0.25) is 4.99 Å². The van der Waals surface area contributed by atoms with Crippen molar-refractivity contribution >= 4 is 23.4 Å². The van der Waals surface area contributed by atoms with Gasteiger partial charge in [0.05, 0.1) is 12.6 Å². The van der Waals surface area contributed by atoms with Crippen LogP contribution in [0.1, 0.15) is 62.9 Å². The number of nitrogens with one attached hydrogen (secondary N) is 1. The molecule has 3 nitrogen and oxygen atoms in total. The topological polar surface area (TPSA) is 48.4 Å². The van der Waals surface area contributed by atoms with E-state index in [9.17, 15) is 0 Å². The quantitative estimate of drug-likeness (QED) is 0.550. The van der Waals surface area contributed by atoms with Gasteiger partial charge >= 0.3 is 0 Å². The first-order valence-electron chi connectivity index (χ1n) is 9.76. The van der Waals surface area contributed by atoms with Gasteiger partial charge in [0, 0.05) is 28.9 Å². The zero-order valence-corrected chi connectivity index (χ0v) is 17.3. The molecule has 0 aromatic carbocycles. The largest absolute Gasteiger partial charge is 0.392 e. The molecule has 0 amide bonds. The molecule has 0 saturated heterocycles. The monoisotopic (exact) mass is 376 g/mol. The number of aryl methyl sites for hydroxylation is 1. The van der Waals surface area contributed by atoms with E-state index in [1.54, 1.807) is 6.08 Å². The lowest BCUT2D eigenvalue weighted by atomic mass is 9.80. The van der Waals surface area contributed by atoms with E-state index in [1.807, 2.05) is 12.2 Å². The van der Waals surface area contributed by atoms with E-state index in [-0.39, 0.29) is 6.61 Å². The molecule has 4 heteroatoms. The van der Waals surface area contributed by atoms with E-state index in [2.05, 4.69) is 44.8 Å². The number of rotatable bonds is 9. The van der Waals surface area contributed by atoms with Gasteiger partial charge in [0.25, 0.3) is 0 Å². The van der Waals surface area contributed by atoms with Crippen LogP contribution in [0, 0.1) is 18.8 Å². The van der Waals surface area contributed by atoms with Gasteiger partial charge in [-0.15, -0.1) is 11.6 Å². The molecule has 26 heavy (non-hydrogen) atoms. The van der Waals surface area contributed by atoms with Gasteiger partial charge in [0.1, 0.15) is 0 Å². The van der Waals surface area contributed by atoms with Crippen LogP contribution in [0.25, 0.3) is 6.08 Å². The van der Waals surface area contributed by atoms with Crippen LogP contribution in [0.2, 0.25) is 0 Å². The molecule has 0 bridgehead atoms. The summed E-state index contributed by atoms with van der Waals surface area (Å²) >= 11 is 5.79. The van der Waals surface area contributed by atoms with E-state index in [0.29, 0.717) is 29.7 Å². The van der Waals surface area contributed by atoms with Crippen molar-refractivity contribution in [1.29, 1.82) is 0 Å². The van der Waals surface area contributed by atoms with Crippen molar-refractivity contribution in [3.8, 4) is 0 Å². The number of alkyl halides is 1. The number of aliphatic hydroxyl groups excluding tert-OH is 1. The van der Waals surface area contributed by atoms with Crippen molar-refractivity contribution in [2.45, 2.75) is 58.9 Å². The van der Waals surface area contributed by atoms with E-state index < -0.39 is 0 Å². The first-order chi connectivity index (χ1) is 12.5. The Morgan fingerprint density at radius 1 is 1.38 bits per heavy atom. The Labute approximate surface area is 163 Å². The molecule has 2 rings (SSSR count). The number of aromatic amines is 1. The summed E-state index contributed by atoms with van der Waals surface area (Å²) in [6, 6.07) is 2.47. The van der Waals surface area contributed by atoms with Crippen LogP contribution in [0.15, 0.2) is 29.3 Å². The maximum atomic E-state index is 9.04. The molecule has 1 aliphatic heterocycles. The zero-order chi connectivity index (χ0) is 19.1. The summed E-state index contributed by atoms with van der Waals surface area (Å²) < 4.78 is 0. The fraction of sp³-hybridized carbons (Fsp3) is 0.591. The molecule has 0 saturated carbocycles. The number of aromatic nitrogens is 1. The van der Waals surface area contributed by atoms with E-state index in [4.69, 9.17) is 21.7 Å². The van der Waals surface area contributed by atoms with Crippen molar-refractivity contribution in [1.82, 2.24) is 4.98 Å². The third-order valence-corrected chi connectivity index (χ3v) is 5.62. The Balaban J connectivity index is 2.35. The van der Waals surface area contributed by atoms with Gasteiger partial charge in [-0.05, 0) is 55.4 Å². The Hall–Kier alpha value is -1.32. The van der Waals surface area contributed by atoms with E-state index in [1.165, 1.54) is 23.4 Å². The predicted molar refractivity (Wildman–Crippen MR) is 113 cm³/mol. The Morgan fingerprint density at radius 3 is 2.81 bits per heavy atom. The Kier molecular flexibility index (Phi) is 8.17. The molecule has 2 heterocycles. The second-order valence-electron chi connectivity index (χ2n) is 7.61.